The minimum Gasteiger partial charge on any atom is -0.481 e. The Morgan fingerprint density at radius 1 is 1.03 bits per heavy atom. The van der Waals surface area contributed by atoms with Crippen LogP contribution in [0, 0.1) is 0 Å². The number of benzene rings is 1. The lowest BCUT2D eigenvalue weighted by molar-refractivity contribution is -0.170. The molecular formula is C22H29Cl2NO8S. The van der Waals surface area contributed by atoms with Crippen LogP contribution >= 0.6 is 35.0 Å². The van der Waals surface area contributed by atoms with Crippen LogP contribution < -0.4 is 0 Å². The van der Waals surface area contributed by atoms with Gasteiger partial charge in [0.2, 0.25) is 0 Å². The number of carboxylic acids is 3. The van der Waals surface area contributed by atoms with E-state index >= 15 is 0 Å². The fourth-order valence-corrected chi connectivity index (χ4v) is 4.69. The van der Waals surface area contributed by atoms with Crippen molar-refractivity contribution in [3.05, 3.63) is 33.8 Å². The molecule has 12 heteroatoms. The van der Waals surface area contributed by atoms with Gasteiger partial charge in [-0.2, -0.15) is 0 Å². The van der Waals surface area contributed by atoms with Crippen molar-refractivity contribution in [1.82, 2.24) is 4.90 Å². The minimum atomic E-state index is -2.74. The van der Waals surface area contributed by atoms with Gasteiger partial charge < -0.3 is 25.3 Å². The normalized spacial score (nSPS) is 14.5. The molecule has 0 saturated heterocycles. The van der Waals surface area contributed by atoms with Gasteiger partial charge in [0.25, 0.3) is 0 Å². The third kappa shape index (κ3) is 8.74. The Hall–Kier alpha value is -1.85. The molecule has 0 unspecified atom stereocenters. The molecule has 0 bridgehead atoms. The molecule has 0 heterocycles. The van der Waals surface area contributed by atoms with Gasteiger partial charge in [0.05, 0.1) is 28.3 Å². The number of rotatable bonds is 11. The summed E-state index contributed by atoms with van der Waals surface area (Å²) in [5, 5.41) is 35.2. The summed E-state index contributed by atoms with van der Waals surface area (Å²) in [6, 6.07) is 5.61. The van der Waals surface area contributed by atoms with Crippen molar-refractivity contribution in [1.29, 1.82) is 0 Å². The van der Waals surface area contributed by atoms with Gasteiger partial charge in [-0.3, -0.25) is 14.4 Å². The zero-order chi connectivity index (χ0) is 26.1. The van der Waals surface area contributed by atoms with E-state index in [9.17, 15) is 19.2 Å². The molecule has 0 spiro atoms. The largest absolute Gasteiger partial charge is 0.481 e. The molecule has 0 atom stereocenters. The molecule has 34 heavy (non-hydrogen) atoms. The maximum atomic E-state index is 12.7. The molecule has 0 aromatic heterocycles. The number of thioether (sulfide) groups is 1. The van der Waals surface area contributed by atoms with Crippen LogP contribution in [0.1, 0.15) is 44.1 Å². The summed E-state index contributed by atoms with van der Waals surface area (Å²) in [5.74, 6) is -4.14. The molecule has 1 aliphatic rings. The van der Waals surface area contributed by atoms with Gasteiger partial charge in [0.1, 0.15) is 0 Å². The third-order valence-corrected chi connectivity index (χ3v) is 7.22. The van der Waals surface area contributed by atoms with Crippen LogP contribution in [0.4, 0.5) is 0 Å². The number of halogens is 2. The quantitative estimate of drug-likeness (QED) is 0.309. The monoisotopic (exact) mass is 537 g/mol. The van der Waals surface area contributed by atoms with Crippen molar-refractivity contribution in [3.8, 4) is 0 Å². The molecule has 2 rings (SSSR count). The topological polar surface area (TPSA) is 152 Å². The summed E-state index contributed by atoms with van der Waals surface area (Å²) >= 11 is 13.6. The van der Waals surface area contributed by atoms with Crippen LogP contribution in [-0.2, 0) is 24.6 Å². The van der Waals surface area contributed by atoms with Crippen LogP contribution in [0.25, 0.3) is 0 Å². The molecular weight excluding hydrogens is 509 g/mol. The molecule has 0 aliphatic heterocycles. The lowest BCUT2D eigenvalue weighted by Gasteiger charge is -2.40. The van der Waals surface area contributed by atoms with Crippen molar-refractivity contribution >= 4 is 58.0 Å². The Bertz CT molecular complexity index is 889. The molecule has 4 N–H and O–H groups in total. The predicted molar refractivity (Wildman–Crippen MR) is 130 cm³/mol. The van der Waals surface area contributed by atoms with Crippen LogP contribution in [-0.4, -0.2) is 80.3 Å². The van der Waals surface area contributed by atoms with E-state index in [1.807, 2.05) is 12.1 Å². The zero-order valence-corrected chi connectivity index (χ0v) is 21.3. The maximum Gasteiger partial charge on any atom is 0.336 e. The number of carboxylic acid groups (broad SMARTS) is 3. The second-order valence-corrected chi connectivity index (χ2v) is 10.2. The highest BCUT2D eigenvalue weighted by Crippen LogP contribution is 2.48. The first-order valence-corrected chi connectivity index (χ1v) is 12.1. The molecule has 1 aromatic rings. The van der Waals surface area contributed by atoms with Gasteiger partial charge in [-0.05, 0) is 57.6 Å². The highest BCUT2D eigenvalue weighted by Gasteiger charge is 2.45. The average Bonchev–Trinajstić information content (AvgIpc) is 2.66. The number of aliphatic hydroxyl groups is 1. The fourth-order valence-electron chi connectivity index (χ4n) is 3.33. The Balaban J connectivity index is 0.000000385. The van der Waals surface area contributed by atoms with E-state index in [2.05, 4.69) is 19.0 Å². The smallest absolute Gasteiger partial charge is 0.336 e. The first-order valence-electron chi connectivity index (χ1n) is 10.4. The van der Waals surface area contributed by atoms with E-state index in [4.69, 9.17) is 43.6 Å². The van der Waals surface area contributed by atoms with Crippen molar-refractivity contribution < 1.29 is 39.6 Å². The summed E-state index contributed by atoms with van der Waals surface area (Å²) in [6.45, 7) is 1.01. The first-order chi connectivity index (χ1) is 15.7. The maximum absolute atomic E-state index is 12.7. The van der Waals surface area contributed by atoms with Crippen LogP contribution in [0.3, 0.4) is 0 Å². The number of aliphatic carboxylic acids is 3. The summed E-state index contributed by atoms with van der Waals surface area (Å²) in [5.41, 5.74) is -2.05. The molecule has 1 saturated carbocycles. The summed E-state index contributed by atoms with van der Waals surface area (Å²) < 4.78 is 0. The molecule has 1 aliphatic carbocycles. The van der Waals surface area contributed by atoms with Gasteiger partial charge in [-0.15, -0.1) is 0 Å². The summed E-state index contributed by atoms with van der Waals surface area (Å²) in [4.78, 5) is 45.3. The van der Waals surface area contributed by atoms with E-state index in [0.717, 1.165) is 43.5 Å². The Kier molecular flexibility index (Phi) is 11.8. The van der Waals surface area contributed by atoms with Crippen LogP contribution in [0.15, 0.2) is 18.2 Å². The highest BCUT2D eigenvalue weighted by atomic mass is 35.5. The molecule has 190 valence electrons. The van der Waals surface area contributed by atoms with Gasteiger partial charge in [-0.25, -0.2) is 4.79 Å². The van der Waals surface area contributed by atoms with E-state index < -0.39 is 36.4 Å². The number of nitrogens with zero attached hydrogens (tertiary/aromatic N) is 1. The number of hydrogen-bond acceptors (Lipinski definition) is 7. The third-order valence-electron chi connectivity index (χ3n) is 5.34. The van der Waals surface area contributed by atoms with Crippen molar-refractivity contribution in [3.63, 3.8) is 0 Å². The van der Waals surface area contributed by atoms with Crippen LogP contribution in [0.5, 0.6) is 0 Å². The molecule has 0 amide bonds. The SMILES string of the molecule is CN(C)CCCSC(=O)C1(c2ccc(Cl)c(Cl)c2)CCC1.O=C(O)CC(O)(CC(=O)O)C(=O)O. The highest BCUT2D eigenvalue weighted by molar-refractivity contribution is 8.13. The minimum absolute atomic E-state index is 0.283. The fraction of sp³-hybridized carbons (Fsp3) is 0.545. The van der Waals surface area contributed by atoms with Crippen LogP contribution in [0.2, 0.25) is 10.0 Å². The van der Waals surface area contributed by atoms with E-state index in [1.165, 1.54) is 11.8 Å². The first kappa shape index (κ1) is 30.2. The molecule has 0 radical (unpaired) electrons. The van der Waals surface area contributed by atoms with E-state index in [0.29, 0.717) is 10.0 Å². The Morgan fingerprint density at radius 2 is 1.59 bits per heavy atom. The lowest BCUT2D eigenvalue weighted by atomic mass is 9.65. The molecule has 9 nitrogen and oxygen atoms in total. The average molecular weight is 538 g/mol. The standard InChI is InChI=1S/C16H21Cl2NOS.C6H8O7/c1-19(2)9-4-10-21-15(20)16(7-3-8-16)12-5-6-13(17)14(18)11-12;7-3(8)1-6(13,5(11)12)2-4(9)10/h5-6,11H,3-4,7-10H2,1-2H3;13H,1-2H2,(H,7,8)(H,9,10)(H,11,12). The van der Waals surface area contributed by atoms with E-state index in [-0.39, 0.29) is 10.5 Å². The molecule has 1 fully saturated rings. The number of hydrogen-bond donors (Lipinski definition) is 4. The Labute approximate surface area is 212 Å². The predicted octanol–water partition coefficient (Wildman–Crippen LogP) is 3.38. The number of carbonyl (C=O) groups excluding carboxylic acids is 1. The summed E-state index contributed by atoms with van der Waals surface area (Å²) in [7, 11) is 4.10. The Morgan fingerprint density at radius 3 is 1.97 bits per heavy atom. The second-order valence-electron chi connectivity index (χ2n) is 8.34. The van der Waals surface area contributed by atoms with Crippen molar-refractivity contribution in [2.45, 2.75) is 49.5 Å². The zero-order valence-electron chi connectivity index (χ0n) is 18.9. The van der Waals surface area contributed by atoms with Gasteiger partial charge >= 0.3 is 17.9 Å². The van der Waals surface area contributed by atoms with Gasteiger partial charge in [0.15, 0.2) is 10.7 Å². The number of carbonyl (C=O) groups is 4. The lowest BCUT2D eigenvalue weighted by Crippen LogP contribution is -2.42. The van der Waals surface area contributed by atoms with Crippen molar-refractivity contribution in [2.24, 2.45) is 0 Å². The molecule has 1 aromatic carbocycles. The van der Waals surface area contributed by atoms with E-state index in [1.54, 1.807) is 6.07 Å². The van der Waals surface area contributed by atoms with Gasteiger partial charge in [0, 0.05) is 5.75 Å². The summed E-state index contributed by atoms with van der Waals surface area (Å²) in [6.07, 6.45) is 1.68. The van der Waals surface area contributed by atoms with Gasteiger partial charge in [-0.1, -0.05) is 47.5 Å². The van der Waals surface area contributed by atoms with Crippen molar-refractivity contribution in [2.75, 3.05) is 26.4 Å². The second kappa shape index (κ2) is 13.3.